The van der Waals surface area contributed by atoms with E-state index in [-0.39, 0.29) is 16.9 Å². The monoisotopic (exact) mass is 271 g/mol. The van der Waals surface area contributed by atoms with E-state index in [2.05, 4.69) is 20.6 Å². The second-order valence-corrected chi connectivity index (χ2v) is 3.77. The predicted molar refractivity (Wildman–Crippen MR) is 70.6 cm³/mol. The highest BCUT2D eigenvalue weighted by molar-refractivity contribution is 6.03. The molecule has 1 aromatic heterocycles. The van der Waals surface area contributed by atoms with E-state index >= 15 is 0 Å². The first kappa shape index (κ1) is 13.4. The minimum absolute atomic E-state index is 0.0602. The number of benzene rings is 1. The van der Waals surface area contributed by atoms with Crippen molar-refractivity contribution in [1.29, 1.82) is 5.26 Å². The molecule has 0 unspecified atom stereocenters. The second kappa shape index (κ2) is 5.75. The number of carbonyl (C=O) groups excluding carboxylic acids is 1. The third-order valence-corrected chi connectivity index (χ3v) is 2.50. The van der Waals surface area contributed by atoms with Crippen molar-refractivity contribution in [2.75, 3.05) is 17.7 Å². The van der Waals surface area contributed by atoms with Gasteiger partial charge in [-0.1, -0.05) is 6.07 Å². The maximum Gasteiger partial charge on any atom is 0.275 e. The van der Waals surface area contributed by atoms with Gasteiger partial charge >= 0.3 is 0 Å². The number of rotatable bonds is 3. The molecule has 2 rings (SSSR count). The summed E-state index contributed by atoms with van der Waals surface area (Å²) in [6, 6.07) is 5.70. The fourth-order valence-electron chi connectivity index (χ4n) is 1.52. The summed E-state index contributed by atoms with van der Waals surface area (Å²) >= 11 is 0. The molecule has 0 saturated heterocycles. The molecule has 20 heavy (non-hydrogen) atoms. The van der Waals surface area contributed by atoms with Crippen LogP contribution in [0.3, 0.4) is 0 Å². The van der Waals surface area contributed by atoms with Gasteiger partial charge in [0, 0.05) is 7.05 Å². The lowest BCUT2D eigenvalue weighted by Gasteiger charge is -2.07. The van der Waals surface area contributed by atoms with E-state index in [0.29, 0.717) is 5.82 Å². The first-order valence-electron chi connectivity index (χ1n) is 5.65. The number of anilines is 2. The zero-order valence-corrected chi connectivity index (χ0v) is 10.5. The van der Waals surface area contributed by atoms with Crippen molar-refractivity contribution in [3.63, 3.8) is 0 Å². The standard InChI is InChI=1S/C13H10FN5O/c1-16-12-7-17-6-11(18-12)13(20)19-10-4-2-3-9(14)8(10)5-15/h2-4,6-7H,1H3,(H,16,18)(H,19,20). The highest BCUT2D eigenvalue weighted by Crippen LogP contribution is 2.18. The Morgan fingerprint density at radius 2 is 2.20 bits per heavy atom. The average molecular weight is 271 g/mol. The molecule has 6 nitrogen and oxygen atoms in total. The Labute approximate surface area is 114 Å². The van der Waals surface area contributed by atoms with Crippen LogP contribution in [0.4, 0.5) is 15.9 Å². The molecule has 0 bridgehead atoms. The molecule has 0 aliphatic heterocycles. The van der Waals surface area contributed by atoms with Crippen molar-refractivity contribution in [2.45, 2.75) is 0 Å². The third kappa shape index (κ3) is 2.70. The molecule has 0 spiro atoms. The quantitative estimate of drug-likeness (QED) is 0.888. The molecule has 2 N–H and O–H groups in total. The summed E-state index contributed by atoms with van der Waals surface area (Å²) in [7, 11) is 1.64. The van der Waals surface area contributed by atoms with Crippen LogP contribution in [0.2, 0.25) is 0 Å². The number of nitriles is 1. The van der Waals surface area contributed by atoms with Gasteiger partial charge in [0.2, 0.25) is 0 Å². The number of carbonyl (C=O) groups is 1. The van der Waals surface area contributed by atoms with Gasteiger partial charge in [-0.2, -0.15) is 5.26 Å². The van der Waals surface area contributed by atoms with Gasteiger partial charge in [0.05, 0.1) is 18.1 Å². The van der Waals surface area contributed by atoms with Crippen LogP contribution < -0.4 is 10.6 Å². The molecule has 100 valence electrons. The molecule has 0 saturated carbocycles. The minimum Gasteiger partial charge on any atom is -0.372 e. The summed E-state index contributed by atoms with van der Waals surface area (Å²) in [5.41, 5.74) is -0.0715. The van der Waals surface area contributed by atoms with E-state index in [1.807, 2.05) is 0 Å². The first-order valence-corrected chi connectivity index (χ1v) is 5.65. The summed E-state index contributed by atoms with van der Waals surface area (Å²) in [5.74, 6) is -0.838. The molecule has 7 heteroatoms. The highest BCUT2D eigenvalue weighted by Gasteiger charge is 2.13. The van der Waals surface area contributed by atoms with Gasteiger partial charge in [-0.25, -0.2) is 9.37 Å². The summed E-state index contributed by atoms with van der Waals surface area (Å²) in [5, 5.41) is 14.1. The first-order chi connectivity index (χ1) is 9.65. The lowest BCUT2D eigenvalue weighted by molar-refractivity contribution is 0.102. The molecule has 0 aliphatic carbocycles. The fourth-order valence-corrected chi connectivity index (χ4v) is 1.52. The number of aromatic nitrogens is 2. The van der Waals surface area contributed by atoms with Crippen molar-refractivity contribution in [3.05, 3.63) is 47.7 Å². The van der Waals surface area contributed by atoms with Gasteiger partial charge in [-0.15, -0.1) is 0 Å². The smallest absolute Gasteiger partial charge is 0.275 e. The van der Waals surface area contributed by atoms with Crippen LogP contribution in [0.1, 0.15) is 16.1 Å². The maximum atomic E-state index is 13.4. The maximum absolute atomic E-state index is 13.4. The predicted octanol–water partition coefficient (Wildman–Crippen LogP) is 1.78. The summed E-state index contributed by atoms with van der Waals surface area (Å²) < 4.78 is 13.4. The molecule has 0 radical (unpaired) electrons. The number of nitrogens with one attached hydrogen (secondary N) is 2. The van der Waals surface area contributed by atoms with Crippen molar-refractivity contribution >= 4 is 17.4 Å². The lowest BCUT2D eigenvalue weighted by atomic mass is 10.2. The Morgan fingerprint density at radius 1 is 1.40 bits per heavy atom. The lowest BCUT2D eigenvalue weighted by Crippen LogP contribution is -2.16. The number of halogens is 1. The average Bonchev–Trinajstić information content (AvgIpc) is 2.47. The third-order valence-electron chi connectivity index (χ3n) is 2.50. The number of hydrogen-bond acceptors (Lipinski definition) is 5. The van der Waals surface area contributed by atoms with Crippen LogP contribution in [-0.2, 0) is 0 Å². The van der Waals surface area contributed by atoms with Crippen LogP contribution in [0.25, 0.3) is 0 Å². The van der Waals surface area contributed by atoms with Crippen LogP contribution in [0.15, 0.2) is 30.6 Å². The van der Waals surface area contributed by atoms with Crippen LogP contribution >= 0.6 is 0 Å². The Bertz CT molecular complexity index is 695. The zero-order valence-electron chi connectivity index (χ0n) is 10.5. The summed E-state index contributed by atoms with van der Waals surface area (Å²) in [4.78, 5) is 19.8. The molecular weight excluding hydrogens is 261 g/mol. The van der Waals surface area contributed by atoms with Crippen LogP contribution in [0, 0.1) is 17.1 Å². The van der Waals surface area contributed by atoms with Crippen LogP contribution in [-0.4, -0.2) is 22.9 Å². The van der Waals surface area contributed by atoms with E-state index in [1.54, 1.807) is 13.1 Å². The van der Waals surface area contributed by atoms with Crippen molar-refractivity contribution in [3.8, 4) is 6.07 Å². The Morgan fingerprint density at radius 3 is 2.90 bits per heavy atom. The molecule has 1 aromatic carbocycles. The number of hydrogen-bond donors (Lipinski definition) is 2. The SMILES string of the molecule is CNc1cncc(C(=O)Nc2cccc(F)c2C#N)n1. The van der Waals surface area contributed by atoms with E-state index in [4.69, 9.17) is 5.26 Å². The molecule has 1 heterocycles. The number of nitrogens with zero attached hydrogens (tertiary/aromatic N) is 3. The fraction of sp³-hybridized carbons (Fsp3) is 0.0769. The normalized spacial score (nSPS) is 9.65. The molecule has 0 atom stereocenters. The second-order valence-electron chi connectivity index (χ2n) is 3.77. The minimum atomic E-state index is -0.694. The summed E-state index contributed by atoms with van der Waals surface area (Å²) in [6.07, 6.45) is 2.74. The topological polar surface area (TPSA) is 90.7 Å². The molecule has 2 aromatic rings. The Balaban J connectivity index is 2.28. The van der Waals surface area contributed by atoms with Crippen molar-refractivity contribution in [1.82, 2.24) is 9.97 Å². The molecule has 1 amide bonds. The molecular formula is C13H10FN5O. The van der Waals surface area contributed by atoms with Gasteiger partial charge in [0.1, 0.15) is 29.0 Å². The van der Waals surface area contributed by atoms with Gasteiger partial charge in [-0.05, 0) is 12.1 Å². The van der Waals surface area contributed by atoms with Gasteiger partial charge in [0.15, 0.2) is 0 Å². The summed E-state index contributed by atoms with van der Waals surface area (Å²) in [6.45, 7) is 0. The Kier molecular flexibility index (Phi) is 3.86. The van der Waals surface area contributed by atoms with Gasteiger partial charge in [0.25, 0.3) is 5.91 Å². The van der Waals surface area contributed by atoms with Gasteiger partial charge in [-0.3, -0.25) is 9.78 Å². The van der Waals surface area contributed by atoms with E-state index in [0.717, 1.165) is 6.07 Å². The largest absolute Gasteiger partial charge is 0.372 e. The van der Waals surface area contributed by atoms with Crippen molar-refractivity contribution < 1.29 is 9.18 Å². The van der Waals surface area contributed by atoms with E-state index in [9.17, 15) is 9.18 Å². The number of amides is 1. The zero-order chi connectivity index (χ0) is 14.5. The van der Waals surface area contributed by atoms with E-state index in [1.165, 1.54) is 24.5 Å². The van der Waals surface area contributed by atoms with Gasteiger partial charge < -0.3 is 10.6 Å². The molecule has 0 fully saturated rings. The molecule has 0 aliphatic rings. The van der Waals surface area contributed by atoms with E-state index < -0.39 is 11.7 Å². The van der Waals surface area contributed by atoms with Crippen molar-refractivity contribution in [2.24, 2.45) is 0 Å². The van der Waals surface area contributed by atoms with Crippen LogP contribution in [0.5, 0.6) is 0 Å². The highest BCUT2D eigenvalue weighted by atomic mass is 19.1. The Hall–Kier alpha value is -3.01.